The van der Waals surface area contributed by atoms with E-state index >= 15 is 0 Å². The van der Waals surface area contributed by atoms with Crippen LogP contribution in [0.1, 0.15) is 24.5 Å². The number of hydrogen-bond donors (Lipinski definition) is 1. The molecular weight excluding hydrogens is 432 g/mol. The maximum atomic E-state index is 12.3. The molecule has 0 aliphatic carbocycles. The monoisotopic (exact) mass is 468 g/mol. The zero-order valence-corrected chi connectivity index (χ0v) is 20.7. The Morgan fingerprint density at radius 3 is 2.73 bits per heavy atom. The Hall–Kier alpha value is -2.06. The van der Waals surface area contributed by atoms with Crippen LogP contribution in [0, 0.1) is 0 Å². The molecule has 2 aliphatic heterocycles. The van der Waals surface area contributed by atoms with Crippen LogP contribution in [-0.2, 0) is 17.8 Å². The molecule has 0 bridgehead atoms. The summed E-state index contributed by atoms with van der Waals surface area (Å²) in [5, 5.41) is 3.01. The number of nitrogens with zero attached hydrogens (tertiary/aromatic N) is 3. The first-order valence-electron chi connectivity index (χ1n) is 12.0. The van der Waals surface area contributed by atoms with E-state index < -0.39 is 0 Å². The van der Waals surface area contributed by atoms with Gasteiger partial charge in [-0.1, -0.05) is 36.4 Å². The molecule has 0 spiro atoms. The molecule has 178 valence electrons. The second kappa shape index (κ2) is 11.9. The van der Waals surface area contributed by atoms with Crippen molar-refractivity contribution < 1.29 is 9.53 Å². The van der Waals surface area contributed by atoms with E-state index in [4.69, 9.17) is 4.74 Å². The summed E-state index contributed by atoms with van der Waals surface area (Å²) >= 11 is 1.73. The smallest absolute Gasteiger partial charge is 0.257 e. The van der Waals surface area contributed by atoms with Crippen molar-refractivity contribution in [2.24, 2.45) is 0 Å². The summed E-state index contributed by atoms with van der Waals surface area (Å²) in [5.41, 5.74) is 2.91. The van der Waals surface area contributed by atoms with E-state index in [0.717, 1.165) is 62.8 Å². The second-order valence-corrected chi connectivity index (χ2v) is 10.2. The highest BCUT2D eigenvalue weighted by atomic mass is 32.2. The second-order valence-electron chi connectivity index (χ2n) is 9.08. The van der Waals surface area contributed by atoms with E-state index in [9.17, 15) is 4.79 Å². The predicted molar refractivity (Wildman–Crippen MR) is 135 cm³/mol. The molecule has 1 N–H and O–H groups in total. The molecule has 1 unspecified atom stereocenters. The molecule has 0 radical (unpaired) electrons. The number of rotatable bonds is 9. The minimum Gasteiger partial charge on any atom is -0.483 e. The molecule has 2 aromatic carbocycles. The molecule has 2 heterocycles. The average molecular weight is 469 g/mol. The number of fused-ring (bicyclic) bond motifs is 1. The number of nitrogens with one attached hydrogen (secondary N) is 1. The Morgan fingerprint density at radius 2 is 1.88 bits per heavy atom. The van der Waals surface area contributed by atoms with Gasteiger partial charge >= 0.3 is 0 Å². The Bertz CT molecular complexity index is 925. The van der Waals surface area contributed by atoms with Gasteiger partial charge in [-0.3, -0.25) is 9.69 Å². The number of carbonyl (C=O) groups excluding carboxylic acids is 1. The number of benzene rings is 2. The van der Waals surface area contributed by atoms with E-state index in [0.29, 0.717) is 12.6 Å². The van der Waals surface area contributed by atoms with Crippen molar-refractivity contribution in [1.29, 1.82) is 0 Å². The van der Waals surface area contributed by atoms with Crippen LogP contribution in [0.5, 0.6) is 5.75 Å². The lowest BCUT2D eigenvalue weighted by Crippen LogP contribution is -2.47. The number of likely N-dealkylation sites (N-methyl/N-ethyl adjacent to an activating group) is 1. The SMILES string of the molecule is CC1CN(C)CCN1Sc1ccccc1OCC(=O)NCCCN1CCc2ccccc2C1. The van der Waals surface area contributed by atoms with Crippen LogP contribution in [0.25, 0.3) is 0 Å². The maximum absolute atomic E-state index is 12.3. The Morgan fingerprint density at radius 1 is 1.09 bits per heavy atom. The Kier molecular flexibility index (Phi) is 8.67. The number of amides is 1. The van der Waals surface area contributed by atoms with Gasteiger partial charge in [0.25, 0.3) is 5.91 Å². The summed E-state index contributed by atoms with van der Waals surface area (Å²) in [5.74, 6) is 0.711. The fourth-order valence-corrected chi connectivity index (χ4v) is 5.53. The molecule has 1 atom stereocenters. The quantitative estimate of drug-likeness (QED) is 0.450. The normalized spacial score (nSPS) is 19.8. The van der Waals surface area contributed by atoms with Gasteiger partial charge in [0, 0.05) is 51.9 Å². The van der Waals surface area contributed by atoms with Crippen molar-refractivity contribution in [1.82, 2.24) is 19.4 Å². The van der Waals surface area contributed by atoms with Gasteiger partial charge in [-0.15, -0.1) is 0 Å². The molecular formula is C26H36N4O2S. The third kappa shape index (κ3) is 6.96. The van der Waals surface area contributed by atoms with E-state index in [1.54, 1.807) is 11.9 Å². The van der Waals surface area contributed by atoms with Crippen molar-refractivity contribution >= 4 is 17.9 Å². The van der Waals surface area contributed by atoms with Crippen molar-refractivity contribution in [2.45, 2.75) is 37.2 Å². The van der Waals surface area contributed by atoms with Gasteiger partial charge in [-0.25, -0.2) is 4.31 Å². The van der Waals surface area contributed by atoms with Gasteiger partial charge < -0.3 is 15.0 Å². The first kappa shape index (κ1) is 24.1. The molecule has 4 rings (SSSR count). The van der Waals surface area contributed by atoms with E-state index in [2.05, 4.69) is 63.7 Å². The fraction of sp³-hybridized carbons (Fsp3) is 0.500. The summed E-state index contributed by atoms with van der Waals surface area (Å²) in [6.45, 7) is 9.21. The van der Waals surface area contributed by atoms with Crippen LogP contribution in [0.15, 0.2) is 53.4 Å². The molecule has 0 saturated carbocycles. The third-order valence-electron chi connectivity index (χ3n) is 6.38. The number of hydrogen-bond acceptors (Lipinski definition) is 6. The van der Waals surface area contributed by atoms with Gasteiger partial charge in [0.15, 0.2) is 6.61 Å². The van der Waals surface area contributed by atoms with Crippen LogP contribution in [0.3, 0.4) is 0 Å². The fourth-order valence-electron chi connectivity index (χ4n) is 4.50. The zero-order chi connectivity index (χ0) is 23.0. The van der Waals surface area contributed by atoms with Crippen LogP contribution < -0.4 is 10.1 Å². The molecule has 1 fully saturated rings. The summed E-state index contributed by atoms with van der Waals surface area (Å²) in [6, 6.07) is 17.2. The van der Waals surface area contributed by atoms with Crippen molar-refractivity contribution in [2.75, 3.05) is 52.9 Å². The number of carbonyl (C=O) groups is 1. The molecule has 1 amide bonds. The zero-order valence-electron chi connectivity index (χ0n) is 19.8. The van der Waals surface area contributed by atoms with Gasteiger partial charge in [0.05, 0.1) is 4.90 Å². The minimum atomic E-state index is -0.0632. The number of para-hydroxylation sites is 1. The molecule has 2 aliphatic rings. The molecule has 33 heavy (non-hydrogen) atoms. The first-order valence-corrected chi connectivity index (χ1v) is 12.8. The highest BCUT2D eigenvalue weighted by Gasteiger charge is 2.23. The molecule has 6 nitrogen and oxygen atoms in total. The maximum Gasteiger partial charge on any atom is 0.257 e. The minimum absolute atomic E-state index is 0.0486. The molecule has 0 aromatic heterocycles. The van der Waals surface area contributed by atoms with E-state index in [1.807, 2.05) is 18.2 Å². The van der Waals surface area contributed by atoms with Crippen LogP contribution in [0.4, 0.5) is 0 Å². The summed E-state index contributed by atoms with van der Waals surface area (Å²) < 4.78 is 8.31. The number of ether oxygens (including phenoxy) is 1. The summed E-state index contributed by atoms with van der Waals surface area (Å²) in [4.78, 5) is 18.2. The van der Waals surface area contributed by atoms with Crippen LogP contribution in [-0.4, -0.2) is 79.0 Å². The lowest BCUT2D eigenvalue weighted by molar-refractivity contribution is -0.123. The Labute approximate surface area is 202 Å². The molecule has 1 saturated heterocycles. The third-order valence-corrected chi connectivity index (χ3v) is 7.69. The summed E-state index contributed by atoms with van der Waals surface area (Å²) in [6.07, 6.45) is 2.06. The molecule has 7 heteroatoms. The number of piperazine rings is 1. The van der Waals surface area contributed by atoms with Gasteiger partial charge in [-0.2, -0.15) is 0 Å². The van der Waals surface area contributed by atoms with Crippen LogP contribution in [0.2, 0.25) is 0 Å². The molecule has 2 aromatic rings. The topological polar surface area (TPSA) is 48.1 Å². The van der Waals surface area contributed by atoms with Gasteiger partial charge in [0.1, 0.15) is 5.75 Å². The van der Waals surface area contributed by atoms with Crippen molar-refractivity contribution in [3.8, 4) is 5.75 Å². The lowest BCUT2D eigenvalue weighted by Gasteiger charge is -2.37. The van der Waals surface area contributed by atoms with E-state index in [-0.39, 0.29) is 12.5 Å². The Balaban J connectivity index is 1.17. The van der Waals surface area contributed by atoms with Crippen LogP contribution >= 0.6 is 11.9 Å². The first-order chi connectivity index (χ1) is 16.1. The highest BCUT2D eigenvalue weighted by molar-refractivity contribution is 7.97. The van der Waals surface area contributed by atoms with Gasteiger partial charge in [0.2, 0.25) is 0 Å². The summed E-state index contributed by atoms with van der Waals surface area (Å²) in [7, 11) is 2.17. The standard InChI is InChI=1S/C26H36N4O2S/c1-21-18-28(2)16-17-30(21)33-25-11-6-5-10-24(25)32-20-26(31)27-13-7-14-29-15-12-22-8-3-4-9-23(22)19-29/h3-6,8-11,21H,7,12-20H2,1-2H3,(H,27,31). The largest absolute Gasteiger partial charge is 0.483 e. The van der Waals surface area contributed by atoms with Crippen molar-refractivity contribution in [3.05, 3.63) is 59.7 Å². The van der Waals surface area contributed by atoms with E-state index in [1.165, 1.54) is 11.1 Å². The highest BCUT2D eigenvalue weighted by Crippen LogP contribution is 2.33. The van der Waals surface area contributed by atoms with Gasteiger partial charge in [-0.05, 0) is 62.0 Å². The van der Waals surface area contributed by atoms with Crippen molar-refractivity contribution in [3.63, 3.8) is 0 Å². The lowest BCUT2D eigenvalue weighted by atomic mass is 10.00. The predicted octanol–water partition coefficient (Wildman–Crippen LogP) is 3.27. The average Bonchev–Trinajstić information content (AvgIpc) is 2.83.